The number of para-hydroxylation sites is 2. The Kier molecular flexibility index (Phi) is 7.43. The van der Waals surface area contributed by atoms with Gasteiger partial charge in [-0.25, -0.2) is 9.78 Å². The third-order valence-electron chi connectivity index (χ3n) is 5.00. The summed E-state index contributed by atoms with van der Waals surface area (Å²) >= 11 is 0. The number of ether oxygens (including phenoxy) is 1. The predicted molar refractivity (Wildman–Crippen MR) is 120 cm³/mol. The molecule has 0 spiro atoms. The number of hydrogen-bond acceptors (Lipinski definition) is 4. The van der Waals surface area contributed by atoms with Crippen LogP contribution in [0.2, 0.25) is 0 Å². The molecule has 1 heterocycles. The highest BCUT2D eigenvalue weighted by Gasteiger charge is 2.07. The van der Waals surface area contributed by atoms with Gasteiger partial charge < -0.3 is 19.9 Å². The van der Waals surface area contributed by atoms with Crippen molar-refractivity contribution >= 4 is 23.0 Å². The van der Waals surface area contributed by atoms with E-state index in [1.807, 2.05) is 37.3 Å². The highest BCUT2D eigenvalue weighted by molar-refractivity contribution is 5.89. The van der Waals surface area contributed by atoms with E-state index in [4.69, 9.17) is 4.74 Å². The number of guanidine groups is 1. The molecule has 0 aliphatic rings. The lowest BCUT2D eigenvalue weighted by Gasteiger charge is -2.13. The molecule has 0 aliphatic carbocycles. The lowest BCUT2D eigenvalue weighted by molar-refractivity contribution is 0.0600. The number of carbonyl (C=O) groups excluding carboxylic acids is 1. The zero-order valence-electron chi connectivity index (χ0n) is 17.8. The number of nitrogens with one attached hydrogen (secondary N) is 2. The maximum absolute atomic E-state index is 11.5. The van der Waals surface area contributed by atoms with Crippen LogP contribution in [0.5, 0.6) is 0 Å². The molecule has 0 radical (unpaired) electrons. The standard InChI is InChI=1S/C23H29N5O2/c1-17-27-20-7-4-5-8-21(20)28(17)16-6-14-25-23(24-2)26-15-13-18-9-11-19(12-10-18)22(29)30-3/h4-5,7-12H,6,13-16H2,1-3H3,(H2,24,25,26). The number of fused-ring (bicyclic) bond motifs is 1. The smallest absolute Gasteiger partial charge is 0.337 e. The summed E-state index contributed by atoms with van der Waals surface area (Å²) in [6.45, 7) is 4.52. The first kappa shape index (κ1) is 21.4. The van der Waals surface area contributed by atoms with Gasteiger partial charge in [0.25, 0.3) is 0 Å². The maximum atomic E-state index is 11.5. The molecule has 2 N–H and O–H groups in total. The highest BCUT2D eigenvalue weighted by atomic mass is 16.5. The molecule has 0 atom stereocenters. The average molecular weight is 408 g/mol. The Bertz CT molecular complexity index is 1010. The molecule has 7 heteroatoms. The second-order valence-corrected chi connectivity index (χ2v) is 7.02. The first-order chi connectivity index (χ1) is 14.6. The van der Waals surface area contributed by atoms with Crippen LogP contribution in [-0.2, 0) is 17.7 Å². The van der Waals surface area contributed by atoms with Crippen LogP contribution in [-0.4, -0.2) is 48.7 Å². The molecule has 0 aliphatic heterocycles. The highest BCUT2D eigenvalue weighted by Crippen LogP contribution is 2.15. The van der Waals surface area contributed by atoms with E-state index in [0.29, 0.717) is 5.56 Å². The van der Waals surface area contributed by atoms with Crippen LogP contribution in [0.1, 0.15) is 28.2 Å². The third-order valence-corrected chi connectivity index (χ3v) is 5.00. The van der Waals surface area contributed by atoms with Gasteiger partial charge in [-0.2, -0.15) is 0 Å². The summed E-state index contributed by atoms with van der Waals surface area (Å²) in [5, 5.41) is 6.69. The molecular formula is C23H29N5O2. The minimum Gasteiger partial charge on any atom is -0.465 e. The van der Waals surface area contributed by atoms with E-state index in [2.05, 4.69) is 31.2 Å². The van der Waals surface area contributed by atoms with E-state index in [9.17, 15) is 4.79 Å². The van der Waals surface area contributed by atoms with Crippen molar-refractivity contribution in [2.75, 3.05) is 27.2 Å². The van der Waals surface area contributed by atoms with Gasteiger partial charge in [0.15, 0.2) is 5.96 Å². The predicted octanol–water partition coefficient (Wildman–Crippen LogP) is 2.93. The topological polar surface area (TPSA) is 80.5 Å². The van der Waals surface area contributed by atoms with Crippen molar-refractivity contribution in [3.05, 3.63) is 65.5 Å². The molecule has 0 amide bonds. The van der Waals surface area contributed by atoms with E-state index in [0.717, 1.165) is 55.3 Å². The third kappa shape index (κ3) is 5.37. The van der Waals surface area contributed by atoms with E-state index in [1.54, 1.807) is 19.2 Å². The van der Waals surface area contributed by atoms with Gasteiger partial charge in [0.05, 0.1) is 23.7 Å². The molecule has 0 fully saturated rings. The summed E-state index contributed by atoms with van der Waals surface area (Å²) in [6.07, 6.45) is 1.80. The van der Waals surface area contributed by atoms with Gasteiger partial charge in [-0.15, -0.1) is 0 Å². The summed E-state index contributed by atoms with van der Waals surface area (Å²) in [6, 6.07) is 15.7. The summed E-state index contributed by atoms with van der Waals surface area (Å²) in [4.78, 5) is 20.4. The Morgan fingerprint density at radius 1 is 1.10 bits per heavy atom. The van der Waals surface area contributed by atoms with Crippen LogP contribution in [0, 0.1) is 6.92 Å². The molecule has 0 saturated carbocycles. The fourth-order valence-electron chi connectivity index (χ4n) is 3.39. The molecule has 7 nitrogen and oxygen atoms in total. The van der Waals surface area contributed by atoms with Crippen molar-refractivity contribution in [2.24, 2.45) is 4.99 Å². The normalized spacial score (nSPS) is 11.5. The minimum absolute atomic E-state index is 0.317. The molecule has 1 aromatic heterocycles. The van der Waals surface area contributed by atoms with E-state index in [-0.39, 0.29) is 5.97 Å². The van der Waals surface area contributed by atoms with Gasteiger partial charge in [-0.3, -0.25) is 4.99 Å². The lowest BCUT2D eigenvalue weighted by Crippen LogP contribution is -2.39. The number of aryl methyl sites for hydroxylation is 2. The Hall–Kier alpha value is -3.35. The van der Waals surface area contributed by atoms with Crippen molar-refractivity contribution in [1.29, 1.82) is 0 Å². The van der Waals surface area contributed by atoms with Gasteiger partial charge in [0, 0.05) is 26.7 Å². The molecule has 30 heavy (non-hydrogen) atoms. The number of rotatable bonds is 8. The SMILES string of the molecule is CN=C(NCCCn1c(C)nc2ccccc21)NCCc1ccc(C(=O)OC)cc1. The largest absolute Gasteiger partial charge is 0.465 e. The summed E-state index contributed by atoms with van der Waals surface area (Å²) in [7, 11) is 3.16. The van der Waals surface area contributed by atoms with Gasteiger partial charge >= 0.3 is 5.97 Å². The van der Waals surface area contributed by atoms with Gasteiger partial charge in [0.2, 0.25) is 0 Å². The van der Waals surface area contributed by atoms with Crippen LogP contribution >= 0.6 is 0 Å². The van der Waals surface area contributed by atoms with Crippen LogP contribution in [0.4, 0.5) is 0 Å². The fraction of sp³-hybridized carbons (Fsp3) is 0.348. The first-order valence-corrected chi connectivity index (χ1v) is 10.2. The van der Waals surface area contributed by atoms with Crippen LogP contribution in [0.15, 0.2) is 53.5 Å². The number of benzene rings is 2. The molecule has 0 saturated heterocycles. The fourth-order valence-corrected chi connectivity index (χ4v) is 3.39. The Balaban J connectivity index is 1.40. The molecule has 2 aromatic carbocycles. The number of imidazole rings is 1. The zero-order valence-corrected chi connectivity index (χ0v) is 17.8. The van der Waals surface area contributed by atoms with Crippen molar-refractivity contribution in [1.82, 2.24) is 20.2 Å². The summed E-state index contributed by atoms with van der Waals surface area (Å²) < 4.78 is 6.98. The van der Waals surface area contributed by atoms with E-state index in [1.165, 1.54) is 12.6 Å². The molecule has 3 aromatic rings. The number of aromatic nitrogens is 2. The van der Waals surface area contributed by atoms with Crippen LogP contribution in [0.3, 0.4) is 0 Å². The summed E-state index contributed by atoms with van der Waals surface area (Å²) in [5.74, 6) is 1.51. The number of nitrogens with zero attached hydrogens (tertiary/aromatic N) is 3. The van der Waals surface area contributed by atoms with Gasteiger partial charge in [0.1, 0.15) is 5.82 Å². The Morgan fingerprint density at radius 2 is 1.83 bits per heavy atom. The molecule has 0 bridgehead atoms. The summed E-state index contributed by atoms with van der Waals surface area (Å²) in [5.41, 5.74) is 3.93. The molecule has 158 valence electrons. The van der Waals surface area contributed by atoms with Crippen molar-refractivity contribution in [2.45, 2.75) is 26.3 Å². The number of carbonyl (C=O) groups is 1. The quantitative estimate of drug-likeness (QED) is 0.260. The van der Waals surface area contributed by atoms with Crippen molar-refractivity contribution in [3.8, 4) is 0 Å². The van der Waals surface area contributed by atoms with Gasteiger partial charge in [-0.1, -0.05) is 24.3 Å². The average Bonchev–Trinajstić information content (AvgIpc) is 3.10. The number of hydrogen-bond donors (Lipinski definition) is 2. The van der Waals surface area contributed by atoms with Crippen LogP contribution in [0.25, 0.3) is 11.0 Å². The first-order valence-electron chi connectivity index (χ1n) is 10.2. The monoisotopic (exact) mass is 407 g/mol. The number of aliphatic imine (C=N–C) groups is 1. The Morgan fingerprint density at radius 3 is 2.57 bits per heavy atom. The number of methoxy groups -OCH3 is 1. The van der Waals surface area contributed by atoms with E-state index >= 15 is 0 Å². The maximum Gasteiger partial charge on any atom is 0.337 e. The zero-order chi connectivity index (χ0) is 21.3. The second-order valence-electron chi connectivity index (χ2n) is 7.02. The second kappa shape index (κ2) is 10.4. The molecule has 0 unspecified atom stereocenters. The number of esters is 1. The van der Waals surface area contributed by atoms with Crippen molar-refractivity contribution in [3.63, 3.8) is 0 Å². The van der Waals surface area contributed by atoms with Crippen LogP contribution < -0.4 is 10.6 Å². The van der Waals surface area contributed by atoms with Crippen molar-refractivity contribution < 1.29 is 9.53 Å². The van der Waals surface area contributed by atoms with E-state index < -0.39 is 0 Å². The lowest BCUT2D eigenvalue weighted by atomic mass is 10.1. The Labute approximate surface area is 177 Å². The molecular weight excluding hydrogens is 378 g/mol. The molecule has 3 rings (SSSR count). The minimum atomic E-state index is -0.317. The van der Waals surface area contributed by atoms with Gasteiger partial charge in [-0.05, 0) is 49.6 Å².